The fourth-order valence-electron chi connectivity index (χ4n) is 2.74. The first kappa shape index (κ1) is 16.9. The first-order chi connectivity index (χ1) is 10.2. The van der Waals surface area contributed by atoms with Crippen molar-refractivity contribution in [2.75, 3.05) is 13.1 Å². The fraction of sp³-hybridized carbons (Fsp3) is 0.500. The summed E-state index contributed by atoms with van der Waals surface area (Å²) in [6, 6.07) is 4.70. The predicted octanol–water partition coefficient (Wildman–Crippen LogP) is 3.09. The molecule has 1 aliphatic heterocycles. The predicted molar refractivity (Wildman–Crippen MR) is 83.9 cm³/mol. The zero-order valence-corrected chi connectivity index (χ0v) is 14.2. The molecule has 1 saturated heterocycles. The van der Waals surface area contributed by atoms with Crippen LogP contribution in [0.1, 0.15) is 25.8 Å². The van der Waals surface area contributed by atoms with E-state index >= 15 is 0 Å². The van der Waals surface area contributed by atoms with Crippen molar-refractivity contribution in [1.82, 2.24) is 4.90 Å². The molecule has 1 aromatic rings. The summed E-state index contributed by atoms with van der Waals surface area (Å²) >= 11 is 3.13. The molecule has 0 unspecified atom stereocenters. The summed E-state index contributed by atoms with van der Waals surface area (Å²) in [7, 11) is 0. The molecule has 1 aromatic carbocycles. The van der Waals surface area contributed by atoms with Gasteiger partial charge in [-0.1, -0.05) is 13.0 Å². The highest BCUT2D eigenvalue weighted by atomic mass is 79.9. The minimum Gasteiger partial charge on any atom is -0.481 e. The van der Waals surface area contributed by atoms with Crippen LogP contribution in [0.3, 0.4) is 0 Å². The summed E-state index contributed by atoms with van der Waals surface area (Å²) in [5.74, 6) is -1.52. The van der Waals surface area contributed by atoms with Crippen LogP contribution in [0.15, 0.2) is 22.7 Å². The molecule has 1 heterocycles. The Morgan fingerprint density at radius 3 is 2.73 bits per heavy atom. The summed E-state index contributed by atoms with van der Waals surface area (Å²) in [5.41, 5.74) is 0.0168. The lowest BCUT2D eigenvalue weighted by Gasteiger charge is -2.23. The molecule has 1 fully saturated rings. The van der Waals surface area contributed by atoms with Crippen molar-refractivity contribution in [2.45, 2.75) is 26.7 Å². The first-order valence-electron chi connectivity index (χ1n) is 7.19. The summed E-state index contributed by atoms with van der Waals surface area (Å²) in [6.45, 7) is 4.21. The third kappa shape index (κ3) is 3.48. The van der Waals surface area contributed by atoms with E-state index in [4.69, 9.17) is 0 Å². The molecule has 4 nitrogen and oxygen atoms in total. The van der Waals surface area contributed by atoms with E-state index in [9.17, 15) is 19.1 Å². The van der Waals surface area contributed by atoms with Gasteiger partial charge in [-0.25, -0.2) is 4.39 Å². The van der Waals surface area contributed by atoms with Crippen molar-refractivity contribution in [2.24, 2.45) is 11.3 Å². The van der Waals surface area contributed by atoms with E-state index < -0.39 is 11.4 Å². The number of hydrogen-bond acceptors (Lipinski definition) is 2. The Balaban J connectivity index is 2.01. The van der Waals surface area contributed by atoms with Gasteiger partial charge in [0.15, 0.2) is 0 Å². The van der Waals surface area contributed by atoms with Gasteiger partial charge in [-0.3, -0.25) is 9.59 Å². The van der Waals surface area contributed by atoms with Crippen LogP contribution in [0.2, 0.25) is 0 Å². The van der Waals surface area contributed by atoms with Gasteiger partial charge in [-0.15, -0.1) is 0 Å². The normalized spacial score (nSPS) is 22.6. The topological polar surface area (TPSA) is 57.6 Å². The number of halogens is 2. The van der Waals surface area contributed by atoms with Crippen LogP contribution in [-0.4, -0.2) is 35.0 Å². The van der Waals surface area contributed by atoms with Gasteiger partial charge in [-0.05, 0) is 53.4 Å². The minimum absolute atomic E-state index is 0.0505. The number of benzene rings is 1. The number of carboxylic acid groups (broad SMARTS) is 1. The minimum atomic E-state index is -0.863. The highest BCUT2D eigenvalue weighted by molar-refractivity contribution is 9.10. The molecule has 1 N–H and O–H groups in total. The highest BCUT2D eigenvalue weighted by Crippen LogP contribution is 2.31. The van der Waals surface area contributed by atoms with Crippen molar-refractivity contribution in [1.29, 1.82) is 0 Å². The van der Waals surface area contributed by atoms with E-state index in [1.165, 1.54) is 6.07 Å². The number of carboxylic acids is 1. The second-order valence-corrected chi connectivity index (χ2v) is 7.08. The highest BCUT2D eigenvalue weighted by Gasteiger charge is 2.42. The summed E-state index contributed by atoms with van der Waals surface area (Å²) in [4.78, 5) is 25.3. The molecule has 0 aliphatic carbocycles. The maximum absolute atomic E-state index is 13.2. The smallest absolute Gasteiger partial charge is 0.311 e. The zero-order valence-electron chi connectivity index (χ0n) is 12.6. The van der Waals surface area contributed by atoms with E-state index in [0.717, 1.165) is 5.56 Å². The Morgan fingerprint density at radius 2 is 2.18 bits per heavy atom. The third-order valence-electron chi connectivity index (χ3n) is 4.25. The van der Waals surface area contributed by atoms with Crippen LogP contribution in [0.4, 0.5) is 4.39 Å². The largest absolute Gasteiger partial charge is 0.481 e. The number of amides is 1. The fourth-order valence-corrected chi connectivity index (χ4v) is 3.17. The molecular weight excluding hydrogens is 353 g/mol. The number of rotatable bonds is 4. The number of carbonyl (C=O) groups is 2. The van der Waals surface area contributed by atoms with Gasteiger partial charge in [0.1, 0.15) is 5.82 Å². The molecular formula is C16H19BrFNO3. The number of nitrogens with zero attached hydrogens (tertiary/aromatic N) is 1. The lowest BCUT2D eigenvalue weighted by molar-refractivity contribution is -0.147. The van der Waals surface area contributed by atoms with E-state index in [1.54, 1.807) is 24.0 Å². The van der Waals surface area contributed by atoms with Crippen LogP contribution >= 0.6 is 15.9 Å². The molecule has 1 amide bonds. The molecule has 22 heavy (non-hydrogen) atoms. The van der Waals surface area contributed by atoms with Crippen molar-refractivity contribution >= 4 is 27.8 Å². The molecule has 0 aromatic heterocycles. The van der Waals surface area contributed by atoms with Crippen LogP contribution < -0.4 is 0 Å². The molecule has 2 atom stereocenters. The van der Waals surface area contributed by atoms with Crippen molar-refractivity contribution in [3.63, 3.8) is 0 Å². The van der Waals surface area contributed by atoms with E-state index in [1.807, 2.05) is 6.92 Å². The van der Waals surface area contributed by atoms with E-state index in [0.29, 0.717) is 23.9 Å². The van der Waals surface area contributed by atoms with Gasteiger partial charge in [-0.2, -0.15) is 0 Å². The molecule has 0 saturated carbocycles. The average Bonchev–Trinajstić information content (AvgIpc) is 2.86. The van der Waals surface area contributed by atoms with Crippen LogP contribution in [0.25, 0.3) is 0 Å². The first-order valence-corrected chi connectivity index (χ1v) is 7.98. The van der Waals surface area contributed by atoms with Gasteiger partial charge >= 0.3 is 5.97 Å². The second-order valence-electron chi connectivity index (χ2n) is 6.23. The van der Waals surface area contributed by atoms with Crippen LogP contribution in [0, 0.1) is 17.2 Å². The summed E-state index contributed by atoms with van der Waals surface area (Å²) in [6.07, 6.45) is 0.973. The number of likely N-dealkylation sites (tertiary alicyclic amines) is 1. The maximum atomic E-state index is 13.2. The molecule has 120 valence electrons. The average molecular weight is 372 g/mol. The Hall–Kier alpha value is -1.43. The monoisotopic (exact) mass is 371 g/mol. The molecule has 6 heteroatoms. The summed E-state index contributed by atoms with van der Waals surface area (Å²) < 4.78 is 13.6. The second kappa shape index (κ2) is 6.36. The van der Waals surface area contributed by atoms with Crippen molar-refractivity contribution in [3.8, 4) is 0 Å². The van der Waals surface area contributed by atoms with Gasteiger partial charge in [0, 0.05) is 19.0 Å². The van der Waals surface area contributed by atoms with Gasteiger partial charge < -0.3 is 10.0 Å². The number of aliphatic carboxylic acids is 1. The van der Waals surface area contributed by atoms with Crippen molar-refractivity contribution < 1.29 is 19.1 Å². The zero-order chi connectivity index (χ0) is 16.5. The molecule has 2 rings (SSSR count). The number of hydrogen-bond donors (Lipinski definition) is 1. The Bertz CT molecular complexity index is 607. The van der Waals surface area contributed by atoms with Crippen molar-refractivity contribution in [3.05, 3.63) is 34.1 Å². The Kier molecular flexibility index (Phi) is 4.90. The lowest BCUT2D eigenvalue weighted by Crippen LogP contribution is -2.37. The Morgan fingerprint density at radius 1 is 1.50 bits per heavy atom. The maximum Gasteiger partial charge on any atom is 0.311 e. The van der Waals surface area contributed by atoms with Gasteiger partial charge in [0.25, 0.3) is 0 Å². The molecule has 1 aliphatic rings. The SMILES string of the molecule is C[C@@H](Cc1ccc(F)c(Br)c1)C(=O)N1CC[C@@](C)(C(=O)O)C1. The third-order valence-corrected chi connectivity index (χ3v) is 4.86. The summed E-state index contributed by atoms with van der Waals surface area (Å²) in [5, 5.41) is 9.22. The molecule has 0 radical (unpaired) electrons. The standard InChI is InChI=1S/C16H19BrFNO3/c1-10(7-11-3-4-13(18)12(17)8-11)14(20)19-6-5-16(2,9-19)15(21)22/h3-4,8,10H,5-7,9H2,1-2H3,(H,21,22)/t10-,16+/m0/s1. The van der Waals surface area contributed by atoms with Crippen LogP contribution in [-0.2, 0) is 16.0 Å². The van der Waals surface area contributed by atoms with Crippen LogP contribution in [0.5, 0.6) is 0 Å². The molecule has 0 spiro atoms. The molecule has 0 bridgehead atoms. The van der Waals surface area contributed by atoms with E-state index in [2.05, 4.69) is 15.9 Å². The van der Waals surface area contributed by atoms with Gasteiger partial charge in [0.2, 0.25) is 5.91 Å². The number of carbonyl (C=O) groups excluding carboxylic acids is 1. The van der Waals surface area contributed by atoms with E-state index in [-0.39, 0.29) is 24.2 Å². The Labute approximate surface area is 137 Å². The lowest BCUT2D eigenvalue weighted by atomic mass is 9.90. The quantitative estimate of drug-likeness (QED) is 0.884. The van der Waals surface area contributed by atoms with Gasteiger partial charge in [0.05, 0.1) is 9.89 Å².